The highest BCUT2D eigenvalue weighted by molar-refractivity contribution is 5.87. The molecule has 21 heavy (non-hydrogen) atoms. The largest absolute Gasteiger partial charge is 0.454 e. The van der Waals surface area contributed by atoms with E-state index < -0.39 is 0 Å². The Morgan fingerprint density at radius 1 is 1.24 bits per heavy atom. The van der Waals surface area contributed by atoms with Gasteiger partial charge in [0.2, 0.25) is 0 Å². The lowest BCUT2D eigenvalue weighted by Gasteiger charge is -2.37. The fourth-order valence-corrected chi connectivity index (χ4v) is 3.58. The van der Waals surface area contributed by atoms with Crippen molar-refractivity contribution < 1.29 is 9.53 Å². The first kappa shape index (κ1) is 14.1. The number of allylic oxidation sites excluding steroid dienone is 7. The predicted octanol–water partition coefficient (Wildman–Crippen LogP) is 4.42. The van der Waals surface area contributed by atoms with Crippen LogP contribution in [0.1, 0.15) is 39.0 Å². The molecular weight excluding hydrogens is 260 g/mol. The second-order valence-corrected chi connectivity index (χ2v) is 6.15. The van der Waals surface area contributed by atoms with Gasteiger partial charge in [0.15, 0.2) is 0 Å². The van der Waals surface area contributed by atoms with E-state index in [1.54, 1.807) is 6.92 Å². The number of hydrogen-bond acceptors (Lipinski definition) is 2. The molecule has 110 valence electrons. The fourth-order valence-electron chi connectivity index (χ4n) is 3.58. The van der Waals surface area contributed by atoms with E-state index in [4.69, 9.17) is 4.74 Å². The van der Waals surface area contributed by atoms with Crippen LogP contribution in [-0.2, 0) is 9.53 Å². The van der Waals surface area contributed by atoms with Crippen molar-refractivity contribution in [1.29, 1.82) is 0 Å². The van der Waals surface area contributed by atoms with Crippen LogP contribution in [-0.4, -0.2) is 12.1 Å². The van der Waals surface area contributed by atoms with E-state index in [-0.39, 0.29) is 12.1 Å². The molecule has 3 aliphatic carbocycles. The Morgan fingerprint density at radius 2 is 2.10 bits per heavy atom. The Labute approximate surface area is 126 Å². The normalized spacial score (nSPS) is 27.4. The molecule has 3 rings (SSSR count). The van der Waals surface area contributed by atoms with Crippen molar-refractivity contribution in [2.24, 2.45) is 5.92 Å². The van der Waals surface area contributed by atoms with Gasteiger partial charge in [0.05, 0.1) is 0 Å². The summed E-state index contributed by atoms with van der Waals surface area (Å²) in [6, 6.07) is 0. The van der Waals surface area contributed by atoms with E-state index in [0.29, 0.717) is 11.5 Å². The highest BCUT2D eigenvalue weighted by Gasteiger charge is 2.35. The van der Waals surface area contributed by atoms with Gasteiger partial charge in [0.25, 0.3) is 0 Å². The standard InChI is InChI=1S/C19H22O2/c1-13(2)19(20)21-17-10-6-8-15-12-11-14-7-4-3-5-9-16(14)18(15)17/h3-5,7,9,15,17H,1,6,8,10-12H2,2H3. The SMILES string of the molecule is C=C(C)C(=O)OC1CCCC2CCC3=CC=CC=CC3=C21. The van der Waals surface area contributed by atoms with Crippen LogP contribution >= 0.6 is 0 Å². The lowest BCUT2D eigenvalue weighted by Crippen LogP contribution is -2.32. The highest BCUT2D eigenvalue weighted by atomic mass is 16.5. The van der Waals surface area contributed by atoms with Gasteiger partial charge >= 0.3 is 5.97 Å². The zero-order valence-electron chi connectivity index (χ0n) is 12.6. The van der Waals surface area contributed by atoms with Gasteiger partial charge < -0.3 is 4.74 Å². The second-order valence-electron chi connectivity index (χ2n) is 6.15. The molecule has 0 N–H and O–H groups in total. The Morgan fingerprint density at radius 3 is 2.90 bits per heavy atom. The van der Waals surface area contributed by atoms with Crippen molar-refractivity contribution in [3.8, 4) is 0 Å². The molecule has 0 bridgehead atoms. The van der Waals surface area contributed by atoms with E-state index in [2.05, 4.69) is 37.0 Å². The van der Waals surface area contributed by atoms with Crippen LogP contribution in [0.4, 0.5) is 0 Å². The second kappa shape index (κ2) is 5.88. The Kier molecular flexibility index (Phi) is 3.96. The van der Waals surface area contributed by atoms with Gasteiger partial charge in [-0.2, -0.15) is 0 Å². The summed E-state index contributed by atoms with van der Waals surface area (Å²) < 4.78 is 5.73. The van der Waals surface area contributed by atoms with Gasteiger partial charge in [0.1, 0.15) is 6.10 Å². The molecule has 2 atom stereocenters. The summed E-state index contributed by atoms with van der Waals surface area (Å²) in [5, 5.41) is 0. The molecule has 0 aromatic heterocycles. The minimum absolute atomic E-state index is 0.0746. The summed E-state index contributed by atoms with van der Waals surface area (Å²) in [6.45, 7) is 5.41. The molecule has 1 saturated carbocycles. The molecule has 0 amide bonds. The van der Waals surface area contributed by atoms with Gasteiger partial charge in [-0.25, -0.2) is 4.79 Å². The van der Waals surface area contributed by atoms with Crippen LogP contribution in [0.15, 0.2) is 59.3 Å². The first-order valence-corrected chi connectivity index (χ1v) is 7.81. The van der Waals surface area contributed by atoms with Crippen molar-refractivity contribution in [3.63, 3.8) is 0 Å². The van der Waals surface area contributed by atoms with E-state index in [1.807, 2.05) is 0 Å². The van der Waals surface area contributed by atoms with E-state index in [9.17, 15) is 4.79 Å². The van der Waals surface area contributed by atoms with Crippen molar-refractivity contribution in [3.05, 3.63) is 59.3 Å². The van der Waals surface area contributed by atoms with Crippen LogP contribution in [0.25, 0.3) is 0 Å². The maximum absolute atomic E-state index is 11.9. The summed E-state index contributed by atoms with van der Waals surface area (Å²) in [5.74, 6) is 0.303. The zero-order chi connectivity index (χ0) is 14.8. The number of ether oxygens (including phenoxy) is 1. The third kappa shape index (κ3) is 2.80. The van der Waals surface area contributed by atoms with Gasteiger partial charge in [-0.3, -0.25) is 0 Å². The first-order valence-electron chi connectivity index (χ1n) is 7.81. The summed E-state index contributed by atoms with van der Waals surface area (Å²) in [7, 11) is 0. The minimum atomic E-state index is -0.263. The molecule has 0 spiro atoms. The lowest BCUT2D eigenvalue weighted by atomic mass is 9.71. The van der Waals surface area contributed by atoms with Crippen LogP contribution in [0.5, 0.6) is 0 Å². The molecular formula is C19H22O2. The van der Waals surface area contributed by atoms with E-state index >= 15 is 0 Å². The number of rotatable bonds is 2. The van der Waals surface area contributed by atoms with E-state index in [1.165, 1.54) is 29.6 Å². The highest BCUT2D eigenvalue weighted by Crippen LogP contribution is 2.44. The van der Waals surface area contributed by atoms with E-state index in [0.717, 1.165) is 19.3 Å². The molecule has 0 radical (unpaired) electrons. The monoisotopic (exact) mass is 282 g/mol. The first-order chi connectivity index (χ1) is 10.2. The van der Waals surface area contributed by atoms with Crippen molar-refractivity contribution in [1.82, 2.24) is 0 Å². The third-order valence-corrected chi connectivity index (χ3v) is 4.60. The maximum Gasteiger partial charge on any atom is 0.333 e. The number of carbonyl (C=O) groups excluding carboxylic acids is 1. The summed E-state index contributed by atoms with van der Waals surface area (Å²) in [6.07, 6.45) is 16.1. The number of esters is 1. The molecule has 1 fully saturated rings. The molecule has 0 aromatic carbocycles. The fraction of sp³-hybridized carbons (Fsp3) is 0.421. The quantitative estimate of drug-likeness (QED) is 0.553. The third-order valence-electron chi connectivity index (χ3n) is 4.60. The maximum atomic E-state index is 11.9. The van der Waals surface area contributed by atoms with Crippen LogP contribution in [0, 0.1) is 5.92 Å². The molecule has 2 nitrogen and oxygen atoms in total. The molecule has 2 unspecified atom stereocenters. The van der Waals surface area contributed by atoms with Crippen LogP contribution in [0.3, 0.4) is 0 Å². The summed E-state index contributed by atoms with van der Waals surface area (Å²) in [4.78, 5) is 11.9. The lowest BCUT2D eigenvalue weighted by molar-refractivity contribution is -0.143. The topological polar surface area (TPSA) is 26.3 Å². The van der Waals surface area contributed by atoms with Gasteiger partial charge in [-0.1, -0.05) is 37.0 Å². The molecule has 2 heteroatoms. The molecule has 0 aromatic rings. The number of fused-ring (bicyclic) bond motifs is 2. The Balaban J connectivity index is 1.98. The van der Waals surface area contributed by atoms with Crippen molar-refractivity contribution >= 4 is 5.97 Å². The van der Waals surface area contributed by atoms with Gasteiger partial charge in [-0.15, -0.1) is 0 Å². The Bertz CT molecular complexity index is 587. The Hall–Kier alpha value is -1.83. The van der Waals surface area contributed by atoms with Crippen molar-refractivity contribution in [2.45, 2.75) is 45.1 Å². The molecule has 0 heterocycles. The number of carbonyl (C=O) groups is 1. The summed E-state index contributed by atoms with van der Waals surface area (Å²) in [5.41, 5.74) is 4.50. The van der Waals surface area contributed by atoms with Crippen molar-refractivity contribution in [2.75, 3.05) is 0 Å². The van der Waals surface area contributed by atoms with Crippen LogP contribution in [0.2, 0.25) is 0 Å². The smallest absolute Gasteiger partial charge is 0.333 e. The minimum Gasteiger partial charge on any atom is -0.454 e. The average Bonchev–Trinajstić information content (AvgIpc) is 2.72. The number of hydrogen-bond donors (Lipinski definition) is 0. The summed E-state index contributed by atoms with van der Waals surface area (Å²) >= 11 is 0. The van der Waals surface area contributed by atoms with Crippen LogP contribution < -0.4 is 0 Å². The predicted molar refractivity (Wildman–Crippen MR) is 84.7 cm³/mol. The van der Waals surface area contributed by atoms with Gasteiger partial charge in [-0.05, 0) is 61.7 Å². The zero-order valence-corrected chi connectivity index (χ0v) is 12.6. The molecule has 3 aliphatic rings. The average molecular weight is 282 g/mol. The molecule has 0 aliphatic heterocycles. The van der Waals surface area contributed by atoms with Gasteiger partial charge in [0, 0.05) is 5.57 Å². The molecule has 0 saturated heterocycles.